The summed E-state index contributed by atoms with van der Waals surface area (Å²) in [5.41, 5.74) is 0. The van der Waals surface area contributed by atoms with Crippen LogP contribution in [0.15, 0.2) is 206 Å². The van der Waals surface area contributed by atoms with Gasteiger partial charge in [-0.15, -0.1) is 0 Å². The summed E-state index contributed by atoms with van der Waals surface area (Å²) in [7, 11) is -3.58. The van der Waals surface area contributed by atoms with Gasteiger partial charge in [-0.2, -0.15) is 0 Å². The first-order chi connectivity index (χ1) is 23.3. The lowest BCUT2D eigenvalue weighted by Gasteiger charge is -2.27. The van der Waals surface area contributed by atoms with Gasteiger partial charge in [0.05, 0.1) is 12.3 Å². The second kappa shape index (κ2) is 16.5. The van der Waals surface area contributed by atoms with Crippen molar-refractivity contribution in [1.29, 1.82) is 0 Å². The van der Waals surface area contributed by atoms with Crippen LogP contribution in [0.5, 0.6) is 0 Å². The van der Waals surface area contributed by atoms with Crippen molar-refractivity contribution in [3.05, 3.63) is 206 Å². The van der Waals surface area contributed by atoms with Crippen molar-refractivity contribution in [1.82, 2.24) is 0 Å². The Morgan fingerprint density at radius 3 is 0.702 bits per heavy atom. The molecule has 0 unspecified atom stereocenters. The van der Waals surface area contributed by atoms with E-state index in [0.717, 1.165) is 31.6 Å². The van der Waals surface area contributed by atoms with Crippen LogP contribution in [-0.4, -0.2) is 12.3 Å². The van der Waals surface area contributed by atoms with E-state index in [4.69, 9.17) is 0 Å². The molecule has 0 spiro atoms. The van der Waals surface area contributed by atoms with E-state index in [1.165, 1.54) is 31.8 Å². The second-order valence-corrected chi connectivity index (χ2v) is 19.1. The zero-order valence-corrected chi connectivity index (χ0v) is 28.8. The van der Waals surface area contributed by atoms with Crippen LogP contribution in [0.3, 0.4) is 0 Å². The van der Waals surface area contributed by atoms with E-state index in [-0.39, 0.29) is 0 Å². The minimum absolute atomic E-state index is 0.959. The highest BCUT2D eigenvalue weighted by Crippen LogP contribution is 2.56. The van der Waals surface area contributed by atoms with Crippen molar-refractivity contribution in [2.24, 2.45) is 0 Å². The molecule has 6 aromatic carbocycles. The van der Waals surface area contributed by atoms with Crippen molar-refractivity contribution < 1.29 is 0 Å². The lowest BCUT2D eigenvalue weighted by atomic mass is 10.3. The van der Waals surface area contributed by atoms with Crippen LogP contribution in [0.4, 0.5) is 0 Å². The molecule has 0 fully saturated rings. The highest BCUT2D eigenvalue weighted by Gasteiger charge is 2.45. The van der Waals surface area contributed by atoms with E-state index in [1.54, 1.807) is 0 Å². The Kier molecular flexibility index (Phi) is 11.4. The quantitative estimate of drug-likeness (QED) is 0.0818. The maximum Gasteiger partial charge on any atom is 0.112 e. The predicted molar refractivity (Wildman–Crippen MR) is 212 cm³/mol. The molecule has 0 aliphatic rings. The number of benzene rings is 6. The molecule has 0 nitrogen and oxygen atoms in total. The first-order valence-electron chi connectivity index (χ1n) is 16.7. The third-order valence-corrected chi connectivity index (χ3v) is 18.0. The molecule has 0 amide bonds. The second-order valence-electron chi connectivity index (χ2n) is 11.8. The van der Waals surface area contributed by atoms with E-state index < -0.39 is 14.5 Å². The summed E-state index contributed by atoms with van der Waals surface area (Å²) >= 11 is 0. The molecule has 0 saturated heterocycles. The van der Waals surface area contributed by atoms with Gasteiger partial charge in [-0.25, -0.2) is 0 Å². The normalized spacial score (nSPS) is 12.1. The van der Waals surface area contributed by atoms with E-state index in [0.29, 0.717) is 0 Å². The average molecular weight is 647 g/mol. The molecule has 47 heavy (non-hydrogen) atoms. The molecule has 0 bridgehead atoms. The molecule has 0 heterocycles. The Hall–Kier alpha value is -4.34. The van der Waals surface area contributed by atoms with Crippen LogP contribution < -0.4 is 31.8 Å². The van der Waals surface area contributed by atoms with Crippen molar-refractivity contribution in [3.63, 3.8) is 0 Å². The molecule has 0 aromatic heterocycles. The van der Waals surface area contributed by atoms with Crippen LogP contribution in [0, 0.1) is 0 Å². The molecular weight excluding hydrogens is 602 g/mol. The van der Waals surface area contributed by atoms with E-state index in [2.05, 4.69) is 206 Å². The largest absolute Gasteiger partial charge is 0.112 e. The minimum Gasteiger partial charge on any atom is -0.0846 e. The van der Waals surface area contributed by atoms with Crippen LogP contribution in [-0.2, 0) is 0 Å². The molecular formula is C45H44P2+2. The van der Waals surface area contributed by atoms with E-state index in [1.807, 2.05) is 0 Å². The molecule has 2 heteroatoms. The number of hydrogen-bond acceptors (Lipinski definition) is 0. The zero-order valence-electron chi connectivity index (χ0n) is 27.1. The van der Waals surface area contributed by atoms with E-state index in [9.17, 15) is 0 Å². The number of allylic oxidation sites excluding steroid dienone is 4. The molecule has 0 radical (unpaired) electrons. The Morgan fingerprint density at radius 2 is 0.489 bits per heavy atom. The van der Waals surface area contributed by atoms with E-state index >= 15 is 0 Å². The smallest absolute Gasteiger partial charge is 0.0846 e. The maximum absolute atomic E-state index is 2.41. The fraction of sp³-hybridized carbons (Fsp3) is 0.111. The van der Waals surface area contributed by atoms with Crippen molar-refractivity contribution >= 4 is 46.4 Å². The summed E-state index contributed by atoms with van der Waals surface area (Å²) in [4.78, 5) is 0. The number of hydrogen-bond donors (Lipinski definition) is 0. The van der Waals surface area contributed by atoms with Crippen molar-refractivity contribution in [3.8, 4) is 0 Å². The third-order valence-electron chi connectivity index (χ3n) is 9.05. The summed E-state index contributed by atoms with van der Waals surface area (Å²) in [5, 5.41) is 8.71. The first-order valence-corrected chi connectivity index (χ1v) is 20.7. The molecule has 0 aliphatic carbocycles. The van der Waals surface area contributed by atoms with Gasteiger partial charge in [0.1, 0.15) is 46.4 Å². The maximum atomic E-state index is 2.41. The highest BCUT2D eigenvalue weighted by molar-refractivity contribution is 7.96. The van der Waals surface area contributed by atoms with Gasteiger partial charge in [0, 0.05) is 12.8 Å². The standard InChI is InChI=1S/C45H44P2/c1(2-4-24-38-46(40-26-12-6-13-27-40,41-28-14-7-15-29-41)42-30-16-8-17-31-42)3-5-25-39-47(43-32-18-9-19-33-43,44-34-20-10-21-35-44)45-36-22-11-23-37-45/h2-23,26-37H,1,24-25,38-39H2/q+2/b4-2-,5-3-. The number of rotatable bonds is 14. The molecule has 6 aromatic rings. The Balaban J connectivity index is 1.17. The SMILES string of the molecule is C(=C/CC[P+](c1ccccc1)(c1ccccc1)c1ccccc1)/C/C=C\CC[P+](c1ccccc1)(c1ccccc1)c1ccccc1. The molecule has 0 aliphatic heterocycles. The van der Waals surface area contributed by atoms with Crippen molar-refractivity contribution in [2.45, 2.75) is 19.3 Å². The van der Waals surface area contributed by atoms with Gasteiger partial charge in [-0.05, 0) is 79.2 Å². The van der Waals surface area contributed by atoms with Gasteiger partial charge in [-0.3, -0.25) is 0 Å². The third kappa shape index (κ3) is 7.47. The molecule has 0 saturated carbocycles. The average Bonchev–Trinajstić information content (AvgIpc) is 3.16. The Labute approximate surface area is 283 Å². The van der Waals surface area contributed by atoms with Gasteiger partial charge in [0.25, 0.3) is 0 Å². The molecule has 0 N–H and O–H groups in total. The predicted octanol–water partition coefficient (Wildman–Crippen LogP) is 9.26. The van der Waals surface area contributed by atoms with Crippen LogP contribution in [0.2, 0.25) is 0 Å². The summed E-state index contributed by atoms with van der Waals surface area (Å²) in [6, 6.07) is 67.2. The van der Waals surface area contributed by atoms with Crippen LogP contribution >= 0.6 is 14.5 Å². The van der Waals surface area contributed by atoms with Gasteiger partial charge < -0.3 is 0 Å². The Morgan fingerprint density at radius 1 is 0.277 bits per heavy atom. The summed E-state index contributed by atoms with van der Waals surface area (Å²) in [6.07, 6.45) is 14.8. The monoisotopic (exact) mass is 646 g/mol. The first kappa shape index (κ1) is 32.6. The topological polar surface area (TPSA) is 0 Å². The van der Waals surface area contributed by atoms with Gasteiger partial charge in [0.15, 0.2) is 0 Å². The molecule has 232 valence electrons. The van der Waals surface area contributed by atoms with Gasteiger partial charge in [-0.1, -0.05) is 133 Å². The summed E-state index contributed by atoms with van der Waals surface area (Å²) in [6.45, 7) is 0. The van der Waals surface area contributed by atoms with Crippen LogP contribution in [0.1, 0.15) is 19.3 Å². The lowest BCUT2D eigenvalue weighted by molar-refractivity contribution is 1.18. The van der Waals surface area contributed by atoms with Crippen molar-refractivity contribution in [2.75, 3.05) is 12.3 Å². The zero-order chi connectivity index (χ0) is 32.0. The fourth-order valence-corrected chi connectivity index (χ4v) is 15.3. The van der Waals surface area contributed by atoms with Crippen LogP contribution in [0.25, 0.3) is 0 Å². The fourth-order valence-electron chi connectivity index (χ4n) is 6.81. The lowest BCUT2D eigenvalue weighted by Crippen LogP contribution is -2.33. The highest BCUT2D eigenvalue weighted by atomic mass is 31.2. The molecule has 6 rings (SSSR count). The summed E-state index contributed by atoms with van der Waals surface area (Å²) in [5.74, 6) is 0. The Bertz CT molecular complexity index is 1480. The summed E-state index contributed by atoms with van der Waals surface area (Å²) < 4.78 is 0. The minimum atomic E-state index is -1.79. The van der Waals surface area contributed by atoms with Gasteiger partial charge >= 0.3 is 0 Å². The molecule has 0 atom stereocenters. The van der Waals surface area contributed by atoms with Gasteiger partial charge in [0.2, 0.25) is 0 Å².